The van der Waals surface area contributed by atoms with Crippen LogP contribution in [-0.2, 0) is 19.6 Å². The molecule has 0 radical (unpaired) electrons. The predicted octanol–water partition coefficient (Wildman–Crippen LogP) is 3.20. The third-order valence-corrected chi connectivity index (χ3v) is 7.76. The van der Waals surface area contributed by atoms with Crippen molar-refractivity contribution in [1.29, 1.82) is 0 Å². The molecular formula is C19H24Cl2N2O4S. The molecule has 0 N–H and O–H groups in total. The van der Waals surface area contributed by atoms with Gasteiger partial charge < -0.3 is 9.64 Å². The standard InChI is InChI=1S/C19H24Cl2N2O4S/c1-3-13-12-22(7-8-27-2)19(24)18-6-4-5-17(13)23(18)28(25,26)16-10-14(20)9-15(21)11-16/h3,9-11,13,17-18H,1,4-8,12H2,2H3/t13-,17-,18?/m0/s1. The second kappa shape index (κ2) is 8.71. The molecule has 1 amide bonds. The third kappa shape index (κ3) is 4.09. The number of amides is 1. The van der Waals surface area contributed by atoms with E-state index in [4.69, 9.17) is 27.9 Å². The van der Waals surface area contributed by atoms with Crippen molar-refractivity contribution in [3.63, 3.8) is 0 Å². The molecule has 28 heavy (non-hydrogen) atoms. The highest BCUT2D eigenvalue weighted by atomic mass is 35.5. The van der Waals surface area contributed by atoms with Gasteiger partial charge in [-0.3, -0.25) is 4.79 Å². The fraction of sp³-hybridized carbons (Fsp3) is 0.526. The van der Waals surface area contributed by atoms with Crippen LogP contribution in [0.4, 0.5) is 0 Å². The molecule has 9 heteroatoms. The van der Waals surface area contributed by atoms with E-state index in [0.29, 0.717) is 32.5 Å². The number of ether oxygens (including phenoxy) is 1. The number of halogens is 2. The molecule has 1 aromatic rings. The highest BCUT2D eigenvalue weighted by molar-refractivity contribution is 7.89. The van der Waals surface area contributed by atoms with E-state index in [-0.39, 0.29) is 32.8 Å². The molecule has 0 spiro atoms. The number of methoxy groups -OCH3 is 1. The predicted molar refractivity (Wildman–Crippen MR) is 109 cm³/mol. The Bertz CT molecular complexity index is 841. The van der Waals surface area contributed by atoms with Gasteiger partial charge in [0.25, 0.3) is 0 Å². The molecule has 0 aromatic heterocycles. The van der Waals surface area contributed by atoms with Crippen molar-refractivity contribution >= 4 is 39.1 Å². The van der Waals surface area contributed by atoms with Gasteiger partial charge in [0.15, 0.2) is 0 Å². The maximum atomic E-state index is 13.6. The summed E-state index contributed by atoms with van der Waals surface area (Å²) in [6.45, 7) is 5.13. The molecule has 2 bridgehead atoms. The lowest BCUT2D eigenvalue weighted by Crippen LogP contribution is -2.54. The second-order valence-corrected chi connectivity index (χ2v) is 9.85. The van der Waals surface area contributed by atoms with E-state index >= 15 is 0 Å². The van der Waals surface area contributed by atoms with Gasteiger partial charge in [-0.05, 0) is 37.5 Å². The third-order valence-electron chi connectivity index (χ3n) is 5.41. The van der Waals surface area contributed by atoms with Crippen LogP contribution in [0.2, 0.25) is 10.0 Å². The molecule has 3 atom stereocenters. The molecule has 2 heterocycles. The average molecular weight is 447 g/mol. The first-order valence-electron chi connectivity index (χ1n) is 9.19. The Kier molecular flexibility index (Phi) is 6.72. The van der Waals surface area contributed by atoms with Gasteiger partial charge in [0.1, 0.15) is 6.04 Å². The summed E-state index contributed by atoms with van der Waals surface area (Å²) in [4.78, 5) is 14.9. The fourth-order valence-corrected chi connectivity index (χ4v) is 6.70. The minimum atomic E-state index is -3.97. The van der Waals surface area contributed by atoms with Crippen molar-refractivity contribution in [2.24, 2.45) is 5.92 Å². The molecule has 0 aliphatic carbocycles. The average Bonchev–Trinajstić information content (AvgIpc) is 2.72. The van der Waals surface area contributed by atoms with E-state index in [9.17, 15) is 13.2 Å². The van der Waals surface area contributed by atoms with E-state index < -0.39 is 16.1 Å². The van der Waals surface area contributed by atoms with E-state index in [1.165, 1.54) is 22.5 Å². The Morgan fingerprint density at radius 1 is 1.25 bits per heavy atom. The Morgan fingerprint density at radius 3 is 2.54 bits per heavy atom. The molecule has 154 valence electrons. The highest BCUT2D eigenvalue weighted by Crippen LogP contribution is 2.38. The Balaban J connectivity index is 2.07. The molecule has 1 unspecified atom stereocenters. The summed E-state index contributed by atoms with van der Waals surface area (Å²) in [5.74, 6) is -0.363. The number of hydrogen-bond acceptors (Lipinski definition) is 4. The minimum Gasteiger partial charge on any atom is -0.383 e. The molecule has 2 aliphatic rings. The zero-order valence-electron chi connectivity index (χ0n) is 15.7. The van der Waals surface area contributed by atoms with E-state index in [1.54, 1.807) is 18.1 Å². The molecule has 2 saturated heterocycles. The number of benzene rings is 1. The van der Waals surface area contributed by atoms with E-state index in [1.807, 2.05) is 0 Å². The molecular weight excluding hydrogens is 423 g/mol. The molecule has 0 saturated carbocycles. The van der Waals surface area contributed by atoms with Gasteiger partial charge in [0.2, 0.25) is 15.9 Å². The first kappa shape index (κ1) is 21.6. The smallest absolute Gasteiger partial charge is 0.244 e. The summed E-state index contributed by atoms with van der Waals surface area (Å²) in [5.41, 5.74) is 0. The molecule has 6 nitrogen and oxygen atoms in total. The number of sulfonamides is 1. The first-order chi connectivity index (χ1) is 13.3. The van der Waals surface area contributed by atoms with Crippen molar-refractivity contribution in [2.45, 2.75) is 36.2 Å². The van der Waals surface area contributed by atoms with Crippen molar-refractivity contribution in [3.05, 3.63) is 40.9 Å². The monoisotopic (exact) mass is 446 g/mol. The molecule has 2 aliphatic heterocycles. The van der Waals surface area contributed by atoms with Crippen molar-refractivity contribution in [2.75, 3.05) is 26.8 Å². The largest absolute Gasteiger partial charge is 0.383 e. The number of nitrogens with zero attached hydrogens (tertiary/aromatic N) is 2. The Labute approximate surface area is 176 Å². The zero-order valence-corrected chi connectivity index (χ0v) is 18.0. The quantitative estimate of drug-likeness (QED) is 0.629. The maximum absolute atomic E-state index is 13.6. The lowest BCUT2D eigenvalue weighted by molar-refractivity contribution is -0.135. The SMILES string of the molecule is C=C[C@H]1CN(CCOC)C(=O)C2CCC[C@@H]1N2S(=O)(=O)c1cc(Cl)cc(Cl)c1. The van der Waals surface area contributed by atoms with Gasteiger partial charge in [-0.25, -0.2) is 8.42 Å². The number of piperidine rings is 1. The van der Waals surface area contributed by atoms with E-state index in [0.717, 1.165) is 6.42 Å². The summed E-state index contributed by atoms with van der Waals surface area (Å²) in [6, 6.07) is 3.15. The highest BCUT2D eigenvalue weighted by Gasteiger charge is 2.49. The van der Waals surface area contributed by atoms with Gasteiger partial charge in [0, 0.05) is 42.2 Å². The normalized spacial score (nSPS) is 26.2. The summed E-state index contributed by atoms with van der Waals surface area (Å²) in [6.07, 6.45) is 3.69. The first-order valence-corrected chi connectivity index (χ1v) is 11.4. The number of fused-ring (bicyclic) bond motifs is 2. The van der Waals surface area contributed by atoms with Crippen LogP contribution >= 0.6 is 23.2 Å². The molecule has 2 fully saturated rings. The van der Waals surface area contributed by atoms with Crippen LogP contribution in [0.25, 0.3) is 0 Å². The van der Waals surface area contributed by atoms with Crippen LogP contribution < -0.4 is 0 Å². The maximum Gasteiger partial charge on any atom is 0.244 e. The minimum absolute atomic E-state index is 0.00264. The topological polar surface area (TPSA) is 66.9 Å². The van der Waals surface area contributed by atoms with Crippen LogP contribution in [0.3, 0.4) is 0 Å². The number of hydrogen-bond donors (Lipinski definition) is 0. The lowest BCUT2D eigenvalue weighted by Gasteiger charge is -2.40. The summed E-state index contributed by atoms with van der Waals surface area (Å²) >= 11 is 12.1. The van der Waals surface area contributed by atoms with Crippen molar-refractivity contribution in [1.82, 2.24) is 9.21 Å². The summed E-state index contributed by atoms with van der Waals surface area (Å²) in [5, 5.41) is 0.471. The summed E-state index contributed by atoms with van der Waals surface area (Å²) in [7, 11) is -2.40. The fourth-order valence-electron chi connectivity index (χ4n) is 4.10. The van der Waals surface area contributed by atoms with Crippen molar-refractivity contribution in [3.8, 4) is 0 Å². The van der Waals surface area contributed by atoms with Crippen LogP contribution in [0.15, 0.2) is 35.7 Å². The van der Waals surface area contributed by atoms with Gasteiger partial charge in [-0.15, -0.1) is 6.58 Å². The molecule has 1 aromatic carbocycles. The van der Waals surface area contributed by atoms with Gasteiger partial charge >= 0.3 is 0 Å². The number of carbonyl (C=O) groups is 1. The second-order valence-electron chi connectivity index (χ2n) is 7.13. The number of rotatable bonds is 6. The summed E-state index contributed by atoms with van der Waals surface area (Å²) < 4.78 is 33.6. The van der Waals surface area contributed by atoms with Crippen LogP contribution in [-0.4, -0.2) is 62.4 Å². The number of carbonyl (C=O) groups excluding carboxylic acids is 1. The van der Waals surface area contributed by atoms with Crippen molar-refractivity contribution < 1.29 is 17.9 Å². The van der Waals surface area contributed by atoms with Crippen LogP contribution in [0.1, 0.15) is 19.3 Å². The van der Waals surface area contributed by atoms with Crippen LogP contribution in [0.5, 0.6) is 0 Å². The van der Waals surface area contributed by atoms with Crippen LogP contribution in [0, 0.1) is 5.92 Å². The zero-order chi connectivity index (χ0) is 20.5. The Hall–Kier alpha value is -1.12. The Morgan fingerprint density at radius 2 is 1.93 bits per heavy atom. The lowest BCUT2D eigenvalue weighted by atomic mass is 9.90. The van der Waals surface area contributed by atoms with Gasteiger partial charge in [0.05, 0.1) is 11.5 Å². The molecule has 3 rings (SSSR count). The van der Waals surface area contributed by atoms with Gasteiger partial charge in [-0.1, -0.05) is 29.3 Å². The van der Waals surface area contributed by atoms with Gasteiger partial charge in [-0.2, -0.15) is 4.31 Å². The van der Waals surface area contributed by atoms with E-state index in [2.05, 4.69) is 6.58 Å².